The van der Waals surface area contributed by atoms with Gasteiger partial charge in [0.25, 0.3) is 0 Å². The summed E-state index contributed by atoms with van der Waals surface area (Å²) in [4.78, 5) is 0. The van der Waals surface area contributed by atoms with Gasteiger partial charge in [-0.05, 0) is 18.1 Å². The van der Waals surface area contributed by atoms with Crippen molar-refractivity contribution in [2.75, 3.05) is 5.75 Å². The largest absolute Gasteiger partial charge is 0.236 e. The van der Waals surface area contributed by atoms with E-state index >= 15 is 0 Å². The molecule has 1 rings (SSSR count). The van der Waals surface area contributed by atoms with Gasteiger partial charge < -0.3 is 0 Å². The summed E-state index contributed by atoms with van der Waals surface area (Å²) in [7, 11) is 1.61. The van der Waals surface area contributed by atoms with Crippen molar-refractivity contribution in [3.63, 3.8) is 0 Å². The van der Waals surface area contributed by atoms with Crippen LogP contribution < -0.4 is 0 Å². The van der Waals surface area contributed by atoms with Crippen LogP contribution in [0, 0.1) is 6.92 Å². The van der Waals surface area contributed by atoms with Crippen molar-refractivity contribution in [1.29, 1.82) is 0 Å². The second kappa shape index (κ2) is 4.15. The first-order valence-electron chi connectivity index (χ1n) is 4.05. The van der Waals surface area contributed by atoms with Crippen LogP contribution in [0.3, 0.4) is 0 Å². The average Bonchev–Trinajstić information content (AvgIpc) is 2.02. The Bertz CT molecular complexity index is 432. The lowest BCUT2D eigenvalue weighted by Gasteiger charge is -2.03. The molecule has 0 radical (unpaired) electrons. The topological polar surface area (TPSA) is 34.1 Å². The predicted molar refractivity (Wildman–Crippen MR) is 59.9 cm³/mol. The van der Waals surface area contributed by atoms with Gasteiger partial charge in [-0.2, -0.15) is 0 Å². The molecule has 0 atom stereocenters. The molecule has 0 saturated heterocycles. The average molecular weight is 231 g/mol. The van der Waals surface area contributed by atoms with Crippen molar-refractivity contribution in [3.8, 4) is 0 Å². The molecule has 0 aliphatic heterocycles. The van der Waals surface area contributed by atoms with E-state index in [1.807, 2.05) is 31.2 Å². The molecule has 2 nitrogen and oxygen atoms in total. The zero-order valence-corrected chi connectivity index (χ0v) is 9.40. The Kier molecular flexibility index (Phi) is 3.34. The Morgan fingerprint density at radius 1 is 1.36 bits per heavy atom. The van der Waals surface area contributed by atoms with E-state index in [1.165, 1.54) is 0 Å². The maximum atomic E-state index is 10.8. The molecule has 0 heterocycles. The van der Waals surface area contributed by atoms with Crippen LogP contribution in [0.5, 0.6) is 0 Å². The first-order chi connectivity index (χ1) is 6.38. The fourth-order valence-electron chi connectivity index (χ4n) is 1.08. The fraction of sp³-hybridized carbons (Fsp3) is 0.200. The highest BCUT2D eigenvalue weighted by atomic mass is 35.7. The molecule has 1 aromatic rings. The molecule has 0 aliphatic rings. The quantitative estimate of drug-likeness (QED) is 0.748. The molecular weight excluding hydrogens is 220 g/mol. The van der Waals surface area contributed by atoms with Gasteiger partial charge in [-0.1, -0.05) is 36.4 Å². The molecule has 1 aromatic carbocycles. The minimum Gasteiger partial charge on any atom is -0.212 e. The fourth-order valence-corrected chi connectivity index (χ4v) is 2.06. The first kappa shape index (κ1) is 11.3. The van der Waals surface area contributed by atoms with E-state index in [0.29, 0.717) is 5.57 Å². The highest BCUT2D eigenvalue weighted by Crippen LogP contribution is 2.16. The molecule has 0 fully saturated rings. The summed E-state index contributed by atoms with van der Waals surface area (Å²) in [6, 6.07) is 7.47. The van der Waals surface area contributed by atoms with Crippen LogP contribution in [0.4, 0.5) is 0 Å². The molecule has 0 aliphatic carbocycles. The van der Waals surface area contributed by atoms with E-state index in [9.17, 15) is 8.42 Å². The zero-order chi connectivity index (χ0) is 10.8. The van der Waals surface area contributed by atoms with Gasteiger partial charge in [0.05, 0.1) is 5.75 Å². The number of benzene rings is 1. The molecular formula is C10H11ClO2S. The van der Waals surface area contributed by atoms with E-state index in [2.05, 4.69) is 6.58 Å². The van der Waals surface area contributed by atoms with Crippen molar-refractivity contribution in [2.45, 2.75) is 6.92 Å². The maximum Gasteiger partial charge on any atom is 0.236 e. The second-order valence-electron chi connectivity index (χ2n) is 3.15. The monoisotopic (exact) mass is 230 g/mol. The van der Waals surface area contributed by atoms with Gasteiger partial charge in [-0.25, -0.2) is 8.42 Å². The summed E-state index contributed by atoms with van der Waals surface area (Å²) >= 11 is 0. The van der Waals surface area contributed by atoms with Gasteiger partial charge >= 0.3 is 0 Å². The Labute approximate surface area is 88.6 Å². The number of halogens is 1. The van der Waals surface area contributed by atoms with Gasteiger partial charge in [0.2, 0.25) is 9.05 Å². The lowest BCUT2D eigenvalue weighted by Crippen LogP contribution is -1.99. The molecule has 76 valence electrons. The van der Waals surface area contributed by atoms with Crippen LogP contribution in [0.1, 0.15) is 11.1 Å². The second-order valence-corrected chi connectivity index (χ2v) is 5.93. The third kappa shape index (κ3) is 3.52. The Balaban J connectivity index is 2.86. The van der Waals surface area contributed by atoms with E-state index < -0.39 is 9.05 Å². The summed E-state index contributed by atoms with van der Waals surface area (Å²) < 4.78 is 21.6. The summed E-state index contributed by atoms with van der Waals surface area (Å²) in [5, 5.41) is 0. The normalized spacial score (nSPS) is 11.3. The highest BCUT2D eigenvalue weighted by molar-refractivity contribution is 8.14. The number of hydrogen-bond acceptors (Lipinski definition) is 2. The summed E-state index contributed by atoms with van der Waals surface area (Å²) in [5.41, 5.74) is 2.44. The molecule has 0 unspecified atom stereocenters. The molecule has 0 bridgehead atoms. The molecule has 0 amide bonds. The molecule has 14 heavy (non-hydrogen) atoms. The summed E-state index contributed by atoms with van der Waals surface area (Å²) in [6.45, 7) is 5.64. The SMILES string of the molecule is C=C(CS(=O)(=O)Cl)c1ccc(C)cc1. The Hall–Kier alpha value is -0.800. The predicted octanol–water partition coefficient (Wildman–Crippen LogP) is 2.58. The van der Waals surface area contributed by atoms with Crippen LogP contribution in [-0.2, 0) is 9.05 Å². The van der Waals surface area contributed by atoms with E-state index in [-0.39, 0.29) is 5.75 Å². The van der Waals surface area contributed by atoms with Gasteiger partial charge in [0.15, 0.2) is 0 Å². The van der Waals surface area contributed by atoms with E-state index in [4.69, 9.17) is 10.7 Å². The Morgan fingerprint density at radius 2 is 1.86 bits per heavy atom. The number of rotatable bonds is 3. The standard InChI is InChI=1S/C10H11ClO2S/c1-8-3-5-10(6-4-8)9(2)7-14(11,12)13/h3-6H,2,7H2,1H3. The zero-order valence-electron chi connectivity index (χ0n) is 7.83. The van der Waals surface area contributed by atoms with Crippen LogP contribution in [-0.4, -0.2) is 14.2 Å². The summed E-state index contributed by atoms with van der Waals surface area (Å²) in [5.74, 6) is -0.211. The highest BCUT2D eigenvalue weighted by Gasteiger charge is 2.09. The third-order valence-electron chi connectivity index (χ3n) is 1.81. The van der Waals surface area contributed by atoms with Crippen molar-refractivity contribution in [3.05, 3.63) is 42.0 Å². The van der Waals surface area contributed by atoms with Crippen LogP contribution in [0.2, 0.25) is 0 Å². The smallest absolute Gasteiger partial charge is 0.212 e. The number of aryl methyl sites for hydroxylation is 1. The van der Waals surface area contributed by atoms with Crippen LogP contribution >= 0.6 is 10.7 Å². The van der Waals surface area contributed by atoms with Crippen molar-refractivity contribution in [2.24, 2.45) is 0 Å². The molecule has 0 saturated carbocycles. The van der Waals surface area contributed by atoms with Crippen LogP contribution in [0.15, 0.2) is 30.8 Å². The van der Waals surface area contributed by atoms with Gasteiger partial charge in [-0.15, -0.1) is 0 Å². The minimum absolute atomic E-state index is 0.211. The maximum absolute atomic E-state index is 10.8. The van der Waals surface area contributed by atoms with Gasteiger partial charge in [0.1, 0.15) is 0 Å². The summed E-state index contributed by atoms with van der Waals surface area (Å²) in [6.07, 6.45) is 0. The number of hydrogen-bond donors (Lipinski definition) is 0. The molecule has 0 spiro atoms. The third-order valence-corrected chi connectivity index (χ3v) is 2.83. The van der Waals surface area contributed by atoms with Crippen LogP contribution in [0.25, 0.3) is 5.57 Å². The van der Waals surface area contributed by atoms with Crippen molar-refractivity contribution in [1.82, 2.24) is 0 Å². The molecule has 4 heteroatoms. The van der Waals surface area contributed by atoms with Crippen molar-refractivity contribution < 1.29 is 8.42 Å². The lowest BCUT2D eigenvalue weighted by molar-refractivity contribution is 0.612. The van der Waals surface area contributed by atoms with Crippen molar-refractivity contribution >= 4 is 25.3 Å². The first-order valence-corrected chi connectivity index (χ1v) is 6.53. The van der Waals surface area contributed by atoms with Gasteiger partial charge in [-0.3, -0.25) is 0 Å². The Morgan fingerprint density at radius 3 is 2.29 bits per heavy atom. The molecule has 0 aromatic heterocycles. The van der Waals surface area contributed by atoms with E-state index in [1.54, 1.807) is 0 Å². The molecule has 0 N–H and O–H groups in total. The minimum atomic E-state index is -3.51. The van der Waals surface area contributed by atoms with Gasteiger partial charge in [0, 0.05) is 10.7 Å². The lowest BCUT2D eigenvalue weighted by atomic mass is 10.1. The van der Waals surface area contributed by atoms with E-state index in [0.717, 1.165) is 11.1 Å².